The summed E-state index contributed by atoms with van der Waals surface area (Å²) >= 11 is 0. The molecule has 134 valence electrons. The van der Waals surface area contributed by atoms with E-state index in [0.29, 0.717) is 23.2 Å². The monoisotopic (exact) mass is 342 g/mol. The van der Waals surface area contributed by atoms with Crippen molar-refractivity contribution in [2.45, 2.75) is 96.1 Å². The first-order chi connectivity index (χ1) is 10.6. The Morgan fingerprint density at radius 3 is 2.13 bits per heavy atom. The van der Waals surface area contributed by atoms with Crippen LogP contribution >= 0.6 is 0 Å². The van der Waals surface area contributed by atoms with Gasteiger partial charge < -0.3 is 18.6 Å². The summed E-state index contributed by atoms with van der Waals surface area (Å²) in [5, 5.41) is 0. The number of rotatable bonds is 5. The Morgan fingerprint density at radius 1 is 1.04 bits per heavy atom. The fourth-order valence-electron chi connectivity index (χ4n) is 4.29. The predicted molar refractivity (Wildman–Crippen MR) is 94.8 cm³/mol. The van der Waals surface area contributed by atoms with Gasteiger partial charge in [0, 0.05) is 0 Å². The second kappa shape index (κ2) is 6.87. The molecule has 0 saturated carbocycles. The molecule has 1 saturated heterocycles. The molecule has 0 aromatic carbocycles. The molecule has 0 spiro atoms. The largest absolute Gasteiger partial charge is 0.493 e. The molecule has 0 bridgehead atoms. The molecule has 3 atom stereocenters. The van der Waals surface area contributed by atoms with Crippen LogP contribution in [0, 0.1) is 0 Å². The number of hydrogen-bond donors (Lipinski definition) is 0. The molecule has 0 aromatic rings. The lowest BCUT2D eigenvalue weighted by Crippen LogP contribution is -2.59. The van der Waals surface area contributed by atoms with Crippen molar-refractivity contribution < 1.29 is 18.6 Å². The molecule has 2 aliphatic heterocycles. The standard InChI is InChI=1S/C18H34O4Si/c1-12(2)23(13(3)4,14(5)6)22-15-9-10-19-16-11-20-18(7,8)21-17(15)16/h9-10,12-17H,11H2,1-8H3/t15-,16+,17-/m0/s1. The van der Waals surface area contributed by atoms with E-state index >= 15 is 0 Å². The van der Waals surface area contributed by atoms with E-state index in [0.717, 1.165) is 0 Å². The van der Waals surface area contributed by atoms with E-state index in [4.69, 9.17) is 18.6 Å². The molecule has 0 aromatic heterocycles. The van der Waals surface area contributed by atoms with E-state index in [1.165, 1.54) is 0 Å². The summed E-state index contributed by atoms with van der Waals surface area (Å²) in [5.41, 5.74) is 1.64. The average Bonchev–Trinajstić information content (AvgIpc) is 2.42. The van der Waals surface area contributed by atoms with E-state index in [2.05, 4.69) is 41.5 Å². The zero-order valence-corrected chi connectivity index (χ0v) is 17.0. The Labute approximate surface area is 142 Å². The van der Waals surface area contributed by atoms with Crippen LogP contribution < -0.4 is 0 Å². The first-order valence-corrected chi connectivity index (χ1v) is 11.1. The molecular weight excluding hydrogens is 308 g/mol. The SMILES string of the molecule is CC(C)[Si](O[C@H]1C=CO[C@@H]2COC(C)(C)O[C@@H]12)(C(C)C)C(C)C. The summed E-state index contributed by atoms with van der Waals surface area (Å²) in [5.74, 6) is -0.588. The molecule has 0 radical (unpaired) electrons. The van der Waals surface area contributed by atoms with Crippen molar-refractivity contribution >= 4 is 8.32 Å². The van der Waals surface area contributed by atoms with Gasteiger partial charge in [-0.05, 0) is 36.5 Å². The molecule has 5 heteroatoms. The number of fused-ring (bicyclic) bond motifs is 1. The van der Waals surface area contributed by atoms with Crippen LogP contribution in [0.3, 0.4) is 0 Å². The summed E-state index contributed by atoms with van der Waals surface area (Å²) in [4.78, 5) is 0. The Bertz CT molecular complexity index is 409. The third-order valence-electron chi connectivity index (χ3n) is 5.27. The molecule has 0 aliphatic carbocycles. The van der Waals surface area contributed by atoms with Gasteiger partial charge in [0.1, 0.15) is 6.10 Å². The maximum atomic E-state index is 6.92. The van der Waals surface area contributed by atoms with Crippen molar-refractivity contribution in [3.63, 3.8) is 0 Å². The van der Waals surface area contributed by atoms with E-state index in [9.17, 15) is 0 Å². The van der Waals surface area contributed by atoms with Crippen molar-refractivity contribution in [2.75, 3.05) is 6.61 Å². The normalized spacial score (nSPS) is 30.7. The minimum absolute atomic E-state index is 0.0595. The zero-order valence-electron chi connectivity index (χ0n) is 16.0. The lowest BCUT2D eigenvalue weighted by molar-refractivity contribution is -0.317. The lowest BCUT2D eigenvalue weighted by atomic mass is 10.0. The minimum Gasteiger partial charge on any atom is -0.493 e. The van der Waals surface area contributed by atoms with Gasteiger partial charge in [-0.25, -0.2) is 0 Å². The van der Waals surface area contributed by atoms with E-state index in [1.807, 2.05) is 19.9 Å². The van der Waals surface area contributed by atoms with Gasteiger partial charge in [-0.1, -0.05) is 41.5 Å². The third-order valence-corrected chi connectivity index (χ3v) is 11.4. The molecule has 0 N–H and O–H groups in total. The van der Waals surface area contributed by atoms with Gasteiger partial charge in [-0.15, -0.1) is 0 Å². The Balaban J connectivity index is 2.28. The second-order valence-electron chi connectivity index (χ2n) is 8.20. The quantitative estimate of drug-likeness (QED) is 0.684. The first kappa shape index (κ1) is 19.0. The highest BCUT2D eigenvalue weighted by Gasteiger charge is 2.51. The Kier molecular flexibility index (Phi) is 5.66. The average molecular weight is 343 g/mol. The van der Waals surface area contributed by atoms with Crippen LogP contribution in [0.4, 0.5) is 0 Å². The highest BCUT2D eigenvalue weighted by Crippen LogP contribution is 2.44. The Morgan fingerprint density at radius 2 is 1.61 bits per heavy atom. The summed E-state index contributed by atoms with van der Waals surface area (Å²) in [6, 6.07) is 0. The van der Waals surface area contributed by atoms with Crippen molar-refractivity contribution in [3.05, 3.63) is 12.3 Å². The Hall–Kier alpha value is -0.363. The molecule has 23 heavy (non-hydrogen) atoms. The molecule has 2 aliphatic rings. The highest BCUT2D eigenvalue weighted by molar-refractivity contribution is 6.77. The molecule has 1 fully saturated rings. The topological polar surface area (TPSA) is 36.9 Å². The predicted octanol–water partition coefficient (Wildman–Crippen LogP) is 4.61. The molecule has 0 amide bonds. The van der Waals surface area contributed by atoms with Crippen LogP contribution in [0.15, 0.2) is 12.3 Å². The minimum atomic E-state index is -1.97. The van der Waals surface area contributed by atoms with Gasteiger partial charge in [-0.3, -0.25) is 0 Å². The second-order valence-corrected chi connectivity index (χ2v) is 13.6. The third kappa shape index (κ3) is 3.68. The van der Waals surface area contributed by atoms with Crippen molar-refractivity contribution in [3.8, 4) is 0 Å². The molecule has 0 unspecified atom stereocenters. The van der Waals surface area contributed by atoms with Crippen LogP contribution in [0.2, 0.25) is 16.6 Å². The van der Waals surface area contributed by atoms with Crippen LogP contribution in [0.25, 0.3) is 0 Å². The van der Waals surface area contributed by atoms with E-state index < -0.39 is 14.1 Å². The van der Waals surface area contributed by atoms with Crippen molar-refractivity contribution in [1.29, 1.82) is 0 Å². The number of hydrogen-bond acceptors (Lipinski definition) is 4. The van der Waals surface area contributed by atoms with Crippen LogP contribution in [-0.4, -0.2) is 39.0 Å². The van der Waals surface area contributed by atoms with E-state index in [-0.39, 0.29) is 18.3 Å². The van der Waals surface area contributed by atoms with Gasteiger partial charge in [0.05, 0.1) is 19.0 Å². The maximum Gasteiger partial charge on any atom is 0.201 e. The zero-order chi connectivity index (χ0) is 17.4. The van der Waals surface area contributed by atoms with Crippen molar-refractivity contribution in [1.82, 2.24) is 0 Å². The maximum absolute atomic E-state index is 6.92. The fraction of sp³-hybridized carbons (Fsp3) is 0.889. The number of ether oxygens (including phenoxy) is 3. The molecule has 2 rings (SSSR count). The van der Waals surface area contributed by atoms with E-state index in [1.54, 1.807) is 6.26 Å². The molecular formula is C18H34O4Si. The van der Waals surface area contributed by atoms with Crippen LogP contribution in [-0.2, 0) is 18.6 Å². The van der Waals surface area contributed by atoms with Crippen molar-refractivity contribution in [2.24, 2.45) is 0 Å². The van der Waals surface area contributed by atoms with Crippen LogP contribution in [0.5, 0.6) is 0 Å². The van der Waals surface area contributed by atoms with Gasteiger partial charge in [0.25, 0.3) is 0 Å². The summed E-state index contributed by atoms with van der Waals surface area (Å²) in [6.45, 7) is 18.3. The van der Waals surface area contributed by atoms with Gasteiger partial charge in [0.15, 0.2) is 11.9 Å². The van der Waals surface area contributed by atoms with Gasteiger partial charge >= 0.3 is 0 Å². The molecule has 4 nitrogen and oxygen atoms in total. The fourth-order valence-corrected chi connectivity index (χ4v) is 9.79. The molecule has 2 heterocycles. The summed E-state index contributed by atoms with van der Waals surface area (Å²) < 4.78 is 24.5. The first-order valence-electron chi connectivity index (χ1n) is 8.92. The smallest absolute Gasteiger partial charge is 0.201 e. The summed E-state index contributed by atoms with van der Waals surface area (Å²) in [6.07, 6.45) is 3.54. The van der Waals surface area contributed by atoms with Gasteiger partial charge in [0.2, 0.25) is 8.32 Å². The van der Waals surface area contributed by atoms with Crippen LogP contribution in [0.1, 0.15) is 55.4 Å². The lowest BCUT2D eigenvalue weighted by Gasteiger charge is -2.49. The van der Waals surface area contributed by atoms with Gasteiger partial charge in [-0.2, -0.15) is 0 Å². The highest BCUT2D eigenvalue weighted by atomic mass is 28.4. The summed E-state index contributed by atoms with van der Waals surface area (Å²) in [7, 11) is -1.97.